The molecule has 0 aliphatic heterocycles. The van der Waals surface area contributed by atoms with Crippen molar-refractivity contribution in [2.75, 3.05) is 19.5 Å². The number of hydrogen-bond donors (Lipinski definition) is 1. The average molecular weight is 289 g/mol. The van der Waals surface area contributed by atoms with Crippen LogP contribution in [0.25, 0.3) is 0 Å². The van der Waals surface area contributed by atoms with Gasteiger partial charge in [-0.1, -0.05) is 6.07 Å². The molecule has 0 saturated heterocycles. The van der Waals surface area contributed by atoms with Gasteiger partial charge in [-0.3, -0.25) is 0 Å². The lowest BCUT2D eigenvalue weighted by Gasteiger charge is -2.20. The maximum atomic E-state index is 5.47. The van der Waals surface area contributed by atoms with Gasteiger partial charge in [0.15, 0.2) is 0 Å². The van der Waals surface area contributed by atoms with Gasteiger partial charge in [-0.2, -0.15) is 0 Å². The van der Waals surface area contributed by atoms with Gasteiger partial charge < -0.3 is 14.8 Å². The molecule has 0 amide bonds. The summed E-state index contributed by atoms with van der Waals surface area (Å²) in [6.07, 6.45) is 2.60. The van der Waals surface area contributed by atoms with E-state index >= 15 is 0 Å². The third-order valence-electron chi connectivity index (χ3n) is 3.66. The van der Waals surface area contributed by atoms with Gasteiger partial charge in [-0.15, -0.1) is 11.3 Å². The highest BCUT2D eigenvalue weighted by molar-refractivity contribution is 7.10. The van der Waals surface area contributed by atoms with Crippen molar-refractivity contribution < 1.29 is 9.47 Å². The molecular weight excluding hydrogens is 270 g/mol. The second-order valence-corrected chi connectivity index (χ2v) is 6.02. The Balaban J connectivity index is 1.85. The van der Waals surface area contributed by atoms with E-state index in [0.717, 1.165) is 23.1 Å². The van der Waals surface area contributed by atoms with Crippen LogP contribution in [-0.4, -0.2) is 14.2 Å². The molecule has 4 heteroatoms. The minimum Gasteiger partial charge on any atom is -0.497 e. The van der Waals surface area contributed by atoms with Gasteiger partial charge in [0, 0.05) is 10.9 Å². The maximum Gasteiger partial charge on any atom is 0.145 e. The summed E-state index contributed by atoms with van der Waals surface area (Å²) in [4.78, 5) is 1.39. The fourth-order valence-electron chi connectivity index (χ4n) is 2.40. The van der Waals surface area contributed by atoms with Crippen molar-refractivity contribution in [3.05, 3.63) is 40.6 Å². The molecule has 1 atom stereocenters. The Morgan fingerprint density at radius 3 is 2.65 bits per heavy atom. The van der Waals surface area contributed by atoms with E-state index in [1.165, 1.54) is 17.7 Å². The lowest BCUT2D eigenvalue weighted by Crippen LogP contribution is -2.12. The van der Waals surface area contributed by atoms with Crippen LogP contribution in [0.4, 0.5) is 5.69 Å². The van der Waals surface area contributed by atoms with Crippen LogP contribution in [0.3, 0.4) is 0 Å². The third-order valence-corrected chi connectivity index (χ3v) is 4.62. The van der Waals surface area contributed by atoms with Gasteiger partial charge in [0.05, 0.1) is 25.9 Å². The highest BCUT2D eigenvalue weighted by atomic mass is 32.1. The van der Waals surface area contributed by atoms with Crippen LogP contribution < -0.4 is 14.8 Å². The number of nitrogens with one attached hydrogen (secondary N) is 1. The van der Waals surface area contributed by atoms with E-state index in [2.05, 4.69) is 22.8 Å². The van der Waals surface area contributed by atoms with E-state index < -0.39 is 0 Å². The highest BCUT2D eigenvalue weighted by Gasteiger charge is 2.33. The molecule has 1 unspecified atom stereocenters. The normalized spacial score (nSPS) is 15.7. The van der Waals surface area contributed by atoms with Crippen LogP contribution in [0.15, 0.2) is 35.7 Å². The molecule has 1 aliphatic rings. The van der Waals surface area contributed by atoms with Crippen molar-refractivity contribution in [1.29, 1.82) is 0 Å². The summed E-state index contributed by atoms with van der Waals surface area (Å²) >= 11 is 1.81. The molecule has 3 nitrogen and oxygen atoms in total. The van der Waals surface area contributed by atoms with Crippen LogP contribution in [0.2, 0.25) is 0 Å². The lowest BCUT2D eigenvalue weighted by atomic mass is 10.1. The third kappa shape index (κ3) is 2.75. The van der Waals surface area contributed by atoms with Crippen molar-refractivity contribution in [2.24, 2.45) is 5.92 Å². The van der Waals surface area contributed by atoms with E-state index in [1.807, 2.05) is 29.5 Å². The lowest BCUT2D eigenvalue weighted by molar-refractivity contribution is 0.395. The van der Waals surface area contributed by atoms with Gasteiger partial charge in [-0.05, 0) is 42.3 Å². The number of methoxy groups -OCH3 is 2. The van der Waals surface area contributed by atoms with E-state index in [0.29, 0.717) is 6.04 Å². The molecule has 2 aromatic rings. The second kappa shape index (κ2) is 5.75. The van der Waals surface area contributed by atoms with Crippen molar-refractivity contribution in [2.45, 2.75) is 18.9 Å². The summed E-state index contributed by atoms with van der Waals surface area (Å²) in [6, 6.07) is 10.6. The maximum absolute atomic E-state index is 5.47. The minimum absolute atomic E-state index is 0.386. The fraction of sp³-hybridized carbons (Fsp3) is 0.375. The quantitative estimate of drug-likeness (QED) is 0.858. The largest absolute Gasteiger partial charge is 0.497 e. The van der Waals surface area contributed by atoms with Gasteiger partial charge >= 0.3 is 0 Å². The molecule has 0 bridgehead atoms. The van der Waals surface area contributed by atoms with E-state index in [-0.39, 0.29) is 0 Å². The Morgan fingerprint density at radius 2 is 2.05 bits per heavy atom. The minimum atomic E-state index is 0.386. The molecular formula is C16H19NO2S. The molecule has 1 aromatic heterocycles. The summed E-state index contributed by atoms with van der Waals surface area (Å²) in [6.45, 7) is 0. The molecule has 1 saturated carbocycles. The molecule has 1 heterocycles. The first-order valence-electron chi connectivity index (χ1n) is 6.84. The molecule has 106 valence electrons. The number of benzene rings is 1. The Bertz CT molecular complexity index is 564. The SMILES string of the molecule is COc1ccc(NC(c2cccs2)C2CC2)c(OC)c1. The van der Waals surface area contributed by atoms with Crippen LogP contribution in [0.5, 0.6) is 11.5 Å². The number of rotatable bonds is 6. The summed E-state index contributed by atoms with van der Waals surface area (Å²) in [7, 11) is 3.36. The molecule has 0 radical (unpaired) electrons. The summed E-state index contributed by atoms with van der Waals surface area (Å²) in [5, 5.41) is 5.78. The van der Waals surface area contributed by atoms with E-state index in [9.17, 15) is 0 Å². The van der Waals surface area contributed by atoms with Crippen LogP contribution >= 0.6 is 11.3 Å². The van der Waals surface area contributed by atoms with Gasteiger partial charge in [0.1, 0.15) is 11.5 Å². The standard InChI is InChI=1S/C16H19NO2S/c1-18-12-7-8-13(14(10-12)19-2)17-16(11-5-6-11)15-4-3-9-20-15/h3-4,7-11,16-17H,5-6H2,1-2H3. The Labute approximate surface area is 123 Å². The van der Waals surface area contributed by atoms with Gasteiger partial charge in [0.25, 0.3) is 0 Å². The zero-order valence-electron chi connectivity index (χ0n) is 11.8. The van der Waals surface area contributed by atoms with E-state index in [4.69, 9.17) is 9.47 Å². The number of ether oxygens (including phenoxy) is 2. The average Bonchev–Trinajstić information content (AvgIpc) is 3.19. The Hall–Kier alpha value is -1.68. The fourth-order valence-corrected chi connectivity index (χ4v) is 3.27. The molecule has 0 spiro atoms. The predicted molar refractivity (Wildman–Crippen MR) is 83.0 cm³/mol. The molecule has 1 N–H and O–H groups in total. The van der Waals surface area contributed by atoms with Crippen LogP contribution in [0, 0.1) is 5.92 Å². The summed E-state index contributed by atoms with van der Waals surface area (Å²) < 4.78 is 10.7. The second-order valence-electron chi connectivity index (χ2n) is 5.04. The van der Waals surface area contributed by atoms with Gasteiger partial charge in [0.2, 0.25) is 0 Å². The smallest absolute Gasteiger partial charge is 0.145 e. The summed E-state index contributed by atoms with van der Waals surface area (Å²) in [5.41, 5.74) is 1.03. The first kappa shape index (κ1) is 13.3. The molecule has 3 rings (SSSR count). The number of anilines is 1. The van der Waals surface area contributed by atoms with Crippen molar-refractivity contribution >= 4 is 17.0 Å². The zero-order chi connectivity index (χ0) is 13.9. The molecule has 1 aliphatic carbocycles. The topological polar surface area (TPSA) is 30.5 Å². The monoisotopic (exact) mass is 289 g/mol. The molecule has 20 heavy (non-hydrogen) atoms. The first-order valence-corrected chi connectivity index (χ1v) is 7.71. The Kier molecular flexibility index (Phi) is 3.83. The number of thiophene rings is 1. The van der Waals surface area contributed by atoms with Gasteiger partial charge in [-0.25, -0.2) is 0 Å². The number of hydrogen-bond acceptors (Lipinski definition) is 4. The molecule has 1 fully saturated rings. The van der Waals surface area contributed by atoms with Crippen LogP contribution in [0.1, 0.15) is 23.8 Å². The summed E-state index contributed by atoms with van der Waals surface area (Å²) in [5.74, 6) is 2.37. The predicted octanol–water partition coefficient (Wildman–Crippen LogP) is 4.33. The highest BCUT2D eigenvalue weighted by Crippen LogP contribution is 2.45. The van der Waals surface area contributed by atoms with Crippen molar-refractivity contribution in [3.63, 3.8) is 0 Å². The molecule has 1 aromatic carbocycles. The van der Waals surface area contributed by atoms with E-state index in [1.54, 1.807) is 14.2 Å². The van der Waals surface area contributed by atoms with Crippen molar-refractivity contribution in [1.82, 2.24) is 0 Å². The van der Waals surface area contributed by atoms with Crippen molar-refractivity contribution in [3.8, 4) is 11.5 Å². The zero-order valence-corrected chi connectivity index (χ0v) is 12.6. The first-order chi connectivity index (χ1) is 9.81. The Morgan fingerprint density at radius 1 is 1.20 bits per heavy atom. The van der Waals surface area contributed by atoms with Crippen LogP contribution in [-0.2, 0) is 0 Å².